The van der Waals surface area contributed by atoms with Gasteiger partial charge in [-0.05, 0) is 48.5 Å². The van der Waals surface area contributed by atoms with Crippen LogP contribution in [0, 0.1) is 0 Å². The number of nitrogens with zero attached hydrogens (tertiary/aromatic N) is 1. The van der Waals surface area contributed by atoms with Gasteiger partial charge in [-0.25, -0.2) is 4.90 Å². The fraction of sp³-hybridized carbons (Fsp3) is 0. The van der Waals surface area contributed by atoms with E-state index >= 15 is 0 Å². The predicted octanol–water partition coefficient (Wildman–Crippen LogP) is 4.65. The second-order valence-electron chi connectivity index (χ2n) is 4.74. The third kappa shape index (κ3) is 3.20. The summed E-state index contributed by atoms with van der Waals surface area (Å²) in [5.41, 5.74) is 1.20. The summed E-state index contributed by atoms with van der Waals surface area (Å²) >= 11 is 12.7. The van der Waals surface area contributed by atoms with Crippen LogP contribution in [0.15, 0.2) is 68.2 Å². The minimum absolute atomic E-state index is 0.0712. The number of carbonyl (C=O) groups excluding carboxylic acids is 2. The largest absolute Gasteiger partial charge is 0.350 e. The highest BCUT2D eigenvalue weighted by Crippen LogP contribution is 2.30. The number of rotatable bonds is 3. The molecule has 2 aromatic carbocycles. The summed E-state index contributed by atoms with van der Waals surface area (Å²) in [4.78, 5) is 25.9. The van der Waals surface area contributed by atoms with Gasteiger partial charge in [0, 0.05) is 14.6 Å². The van der Waals surface area contributed by atoms with Crippen LogP contribution in [0.2, 0.25) is 0 Å². The van der Waals surface area contributed by atoms with Gasteiger partial charge in [-0.3, -0.25) is 9.59 Å². The van der Waals surface area contributed by atoms with E-state index in [0.717, 1.165) is 13.8 Å². The molecule has 1 heterocycles. The minimum Gasteiger partial charge on any atom is -0.350 e. The lowest BCUT2D eigenvalue weighted by Crippen LogP contribution is -2.32. The lowest BCUT2D eigenvalue weighted by atomic mass is 10.3. The van der Waals surface area contributed by atoms with E-state index in [1.54, 1.807) is 36.4 Å². The number of amides is 2. The zero-order chi connectivity index (χ0) is 16.6. The van der Waals surface area contributed by atoms with E-state index in [1.165, 1.54) is 0 Å². The van der Waals surface area contributed by atoms with E-state index in [4.69, 9.17) is 11.6 Å². The standard InChI is InChI=1S/C16H9Br2ClN2O2/c17-9-1-5-11(6-2-9)20-14-13(19)15(22)21(16(14)23)12-7-3-10(18)4-8-12/h1-8,20H. The summed E-state index contributed by atoms with van der Waals surface area (Å²) in [5, 5.41) is 2.79. The van der Waals surface area contributed by atoms with Gasteiger partial charge in [0.15, 0.2) is 0 Å². The number of nitrogens with one attached hydrogen (secondary N) is 1. The molecule has 1 aliphatic rings. The third-order valence-electron chi connectivity index (χ3n) is 3.23. The first kappa shape index (κ1) is 16.2. The van der Waals surface area contributed by atoms with Crippen LogP contribution >= 0.6 is 43.5 Å². The molecule has 0 spiro atoms. The molecule has 0 fully saturated rings. The van der Waals surface area contributed by atoms with Gasteiger partial charge < -0.3 is 5.32 Å². The Morgan fingerprint density at radius 2 is 1.35 bits per heavy atom. The summed E-state index contributed by atoms with van der Waals surface area (Å²) in [6.45, 7) is 0. The van der Waals surface area contributed by atoms with Crippen molar-refractivity contribution in [2.24, 2.45) is 0 Å². The molecule has 0 aliphatic carbocycles. The van der Waals surface area contributed by atoms with E-state index in [-0.39, 0.29) is 10.7 Å². The van der Waals surface area contributed by atoms with Crippen molar-refractivity contribution in [2.75, 3.05) is 10.2 Å². The number of imide groups is 1. The first-order valence-corrected chi connectivity index (χ1v) is 8.50. The molecule has 1 N–H and O–H groups in total. The maximum Gasteiger partial charge on any atom is 0.283 e. The maximum absolute atomic E-state index is 12.6. The summed E-state index contributed by atoms with van der Waals surface area (Å²) in [6.07, 6.45) is 0. The highest BCUT2D eigenvalue weighted by Gasteiger charge is 2.38. The highest BCUT2D eigenvalue weighted by molar-refractivity contribution is 9.10. The normalized spacial score (nSPS) is 14.7. The van der Waals surface area contributed by atoms with Crippen LogP contribution < -0.4 is 10.2 Å². The molecule has 4 nitrogen and oxygen atoms in total. The van der Waals surface area contributed by atoms with Crippen molar-refractivity contribution in [3.63, 3.8) is 0 Å². The zero-order valence-corrected chi connectivity index (χ0v) is 15.4. The lowest BCUT2D eigenvalue weighted by molar-refractivity contribution is -0.120. The van der Waals surface area contributed by atoms with Gasteiger partial charge >= 0.3 is 0 Å². The lowest BCUT2D eigenvalue weighted by Gasteiger charge is -2.15. The van der Waals surface area contributed by atoms with Gasteiger partial charge in [-0.1, -0.05) is 43.5 Å². The van der Waals surface area contributed by atoms with Crippen molar-refractivity contribution < 1.29 is 9.59 Å². The monoisotopic (exact) mass is 454 g/mol. The molecule has 0 saturated carbocycles. The Bertz CT molecular complexity index is 817. The summed E-state index contributed by atoms with van der Waals surface area (Å²) < 4.78 is 1.76. The smallest absolute Gasteiger partial charge is 0.283 e. The SMILES string of the molecule is O=C1C(Cl)=C(Nc2ccc(Br)cc2)C(=O)N1c1ccc(Br)cc1. The number of hydrogen-bond donors (Lipinski definition) is 1. The van der Waals surface area contributed by atoms with E-state index in [1.807, 2.05) is 12.1 Å². The maximum atomic E-state index is 12.6. The second kappa shape index (κ2) is 6.47. The highest BCUT2D eigenvalue weighted by atomic mass is 79.9. The fourth-order valence-electron chi connectivity index (χ4n) is 2.11. The Balaban J connectivity index is 1.90. The first-order chi connectivity index (χ1) is 11.0. The minimum atomic E-state index is -0.543. The van der Waals surface area contributed by atoms with E-state index in [0.29, 0.717) is 11.4 Å². The van der Waals surface area contributed by atoms with E-state index in [9.17, 15) is 9.59 Å². The number of halogens is 3. The van der Waals surface area contributed by atoms with Gasteiger partial charge in [0.05, 0.1) is 5.69 Å². The van der Waals surface area contributed by atoms with Crippen LogP contribution in [0.1, 0.15) is 0 Å². The molecule has 0 aromatic heterocycles. The Hall–Kier alpha value is -1.63. The van der Waals surface area contributed by atoms with Crippen LogP contribution in [0.5, 0.6) is 0 Å². The van der Waals surface area contributed by atoms with Crippen LogP contribution in [0.3, 0.4) is 0 Å². The second-order valence-corrected chi connectivity index (χ2v) is 6.95. The summed E-state index contributed by atoms with van der Waals surface area (Å²) in [6, 6.07) is 14.1. The van der Waals surface area contributed by atoms with Gasteiger partial charge in [-0.2, -0.15) is 0 Å². The first-order valence-electron chi connectivity index (χ1n) is 6.54. The van der Waals surface area contributed by atoms with Crippen molar-refractivity contribution in [3.05, 3.63) is 68.2 Å². The Kier molecular flexibility index (Phi) is 4.57. The van der Waals surface area contributed by atoms with Crippen LogP contribution in [0.4, 0.5) is 11.4 Å². The Morgan fingerprint density at radius 1 is 0.826 bits per heavy atom. The molecule has 0 radical (unpaired) electrons. The molecule has 0 saturated heterocycles. The van der Waals surface area contributed by atoms with E-state index in [2.05, 4.69) is 37.2 Å². The quantitative estimate of drug-likeness (QED) is 0.685. The van der Waals surface area contributed by atoms with Crippen molar-refractivity contribution in [1.82, 2.24) is 0 Å². The molecular formula is C16H9Br2ClN2O2. The third-order valence-corrected chi connectivity index (χ3v) is 4.63. The van der Waals surface area contributed by atoms with Gasteiger partial charge in [0.2, 0.25) is 0 Å². The average Bonchev–Trinajstić information content (AvgIpc) is 2.74. The molecular weight excluding hydrogens is 447 g/mol. The number of anilines is 2. The van der Waals surface area contributed by atoms with Crippen LogP contribution in [-0.4, -0.2) is 11.8 Å². The number of benzene rings is 2. The molecule has 2 aromatic rings. The molecule has 23 heavy (non-hydrogen) atoms. The van der Waals surface area contributed by atoms with Crippen molar-refractivity contribution in [2.45, 2.75) is 0 Å². The fourth-order valence-corrected chi connectivity index (χ4v) is 2.85. The number of hydrogen-bond acceptors (Lipinski definition) is 3. The van der Waals surface area contributed by atoms with Crippen LogP contribution in [-0.2, 0) is 9.59 Å². The van der Waals surface area contributed by atoms with Gasteiger partial charge in [0.25, 0.3) is 11.8 Å². The molecule has 1 aliphatic heterocycles. The van der Waals surface area contributed by atoms with Crippen LogP contribution in [0.25, 0.3) is 0 Å². The molecule has 3 rings (SSSR count). The van der Waals surface area contributed by atoms with Gasteiger partial charge in [-0.15, -0.1) is 0 Å². The Morgan fingerprint density at radius 3 is 1.91 bits per heavy atom. The molecule has 116 valence electrons. The average molecular weight is 457 g/mol. The van der Waals surface area contributed by atoms with Crippen molar-refractivity contribution >= 4 is 66.6 Å². The summed E-state index contributed by atoms with van der Waals surface area (Å²) in [5.74, 6) is -1.02. The molecule has 0 unspecified atom stereocenters. The zero-order valence-electron chi connectivity index (χ0n) is 11.5. The van der Waals surface area contributed by atoms with Crippen molar-refractivity contribution in [3.8, 4) is 0 Å². The molecule has 7 heteroatoms. The number of carbonyl (C=O) groups is 2. The topological polar surface area (TPSA) is 49.4 Å². The van der Waals surface area contributed by atoms with Crippen molar-refractivity contribution in [1.29, 1.82) is 0 Å². The molecule has 0 atom stereocenters. The van der Waals surface area contributed by atoms with E-state index < -0.39 is 11.8 Å². The van der Waals surface area contributed by atoms with Gasteiger partial charge in [0.1, 0.15) is 10.7 Å². The Labute approximate surface area is 154 Å². The predicted molar refractivity (Wildman–Crippen MR) is 97.3 cm³/mol. The molecule has 2 amide bonds. The summed E-state index contributed by atoms with van der Waals surface area (Å²) in [7, 11) is 0. The molecule has 0 bridgehead atoms.